The van der Waals surface area contributed by atoms with Crippen LogP contribution in [0.1, 0.15) is 18.1 Å². The molecular weight excluding hydrogens is 298 g/mol. The lowest BCUT2D eigenvalue weighted by atomic mass is 10.00. The Hall–Kier alpha value is -3.20. The number of rotatable bonds is 1. The number of carbonyl (C=O) groups is 2. The van der Waals surface area contributed by atoms with E-state index in [2.05, 4.69) is 0 Å². The number of fused-ring (bicyclic) bond motifs is 2. The van der Waals surface area contributed by atoms with E-state index in [0.717, 1.165) is 21.9 Å². The Labute approximate surface area is 139 Å². The molecule has 0 saturated heterocycles. The smallest absolute Gasteiger partial charge is 0.265 e. The second-order valence-electron chi connectivity index (χ2n) is 5.80. The highest BCUT2D eigenvalue weighted by Crippen LogP contribution is 2.38. The van der Waals surface area contributed by atoms with Gasteiger partial charge in [0.15, 0.2) is 0 Å². The van der Waals surface area contributed by atoms with E-state index in [-0.39, 0.29) is 11.8 Å². The molecule has 4 rings (SSSR count). The van der Waals surface area contributed by atoms with Crippen molar-refractivity contribution in [2.45, 2.75) is 6.92 Å². The molecular formula is C21H15NO2. The quantitative estimate of drug-likeness (QED) is 0.629. The number of imide groups is 1. The van der Waals surface area contributed by atoms with Gasteiger partial charge in [0.25, 0.3) is 5.91 Å². The van der Waals surface area contributed by atoms with Crippen LogP contribution in [0.2, 0.25) is 0 Å². The lowest BCUT2D eigenvalue weighted by molar-refractivity contribution is -0.122. The van der Waals surface area contributed by atoms with E-state index >= 15 is 0 Å². The molecule has 1 aliphatic heterocycles. The van der Waals surface area contributed by atoms with Crippen LogP contribution in [0.15, 0.2) is 66.7 Å². The number of para-hydroxylation sites is 1. The minimum absolute atomic E-state index is 0.267. The van der Waals surface area contributed by atoms with Crippen LogP contribution in [0.4, 0.5) is 5.69 Å². The van der Waals surface area contributed by atoms with Gasteiger partial charge in [-0.1, -0.05) is 60.7 Å². The molecule has 24 heavy (non-hydrogen) atoms. The molecule has 0 fully saturated rings. The van der Waals surface area contributed by atoms with Gasteiger partial charge >= 0.3 is 0 Å². The molecule has 3 nitrogen and oxygen atoms in total. The fourth-order valence-electron chi connectivity index (χ4n) is 3.23. The van der Waals surface area contributed by atoms with Crippen molar-refractivity contribution in [1.82, 2.24) is 0 Å². The molecule has 0 radical (unpaired) electrons. The van der Waals surface area contributed by atoms with Crippen molar-refractivity contribution in [2.24, 2.45) is 0 Å². The van der Waals surface area contributed by atoms with Gasteiger partial charge in [0, 0.05) is 12.5 Å². The normalized spacial score (nSPS) is 15.1. The van der Waals surface area contributed by atoms with Gasteiger partial charge in [-0.15, -0.1) is 0 Å². The number of benzene rings is 3. The van der Waals surface area contributed by atoms with Crippen LogP contribution >= 0.6 is 0 Å². The second kappa shape index (κ2) is 5.46. The summed E-state index contributed by atoms with van der Waals surface area (Å²) >= 11 is 0. The number of hydrogen-bond donors (Lipinski definition) is 0. The van der Waals surface area contributed by atoms with Gasteiger partial charge < -0.3 is 0 Å². The number of amides is 2. The summed E-state index contributed by atoms with van der Waals surface area (Å²) in [5.74, 6) is -0.537. The molecule has 1 heterocycles. The van der Waals surface area contributed by atoms with Gasteiger partial charge in [-0.05, 0) is 28.5 Å². The van der Waals surface area contributed by atoms with Crippen LogP contribution in [0.3, 0.4) is 0 Å². The third-order valence-corrected chi connectivity index (χ3v) is 4.31. The molecule has 0 aromatic heterocycles. The van der Waals surface area contributed by atoms with Crippen LogP contribution in [-0.2, 0) is 9.59 Å². The molecule has 0 spiro atoms. The van der Waals surface area contributed by atoms with Crippen LogP contribution in [0.25, 0.3) is 22.4 Å². The Morgan fingerprint density at radius 3 is 2.46 bits per heavy atom. The summed E-state index contributed by atoms with van der Waals surface area (Å²) in [5, 5.41) is 2.20. The second-order valence-corrected chi connectivity index (χ2v) is 5.80. The highest BCUT2D eigenvalue weighted by Gasteiger charge is 2.34. The number of hydrogen-bond acceptors (Lipinski definition) is 2. The number of carbonyl (C=O) groups excluding carboxylic acids is 2. The number of nitrogens with zero attached hydrogens (tertiary/aromatic N) is 1. The highest BCUT2D eigenvalue weighted by atomic mass is 16.2. The topological polar surface area (TPSA) is 37.4 Å². The van der Waals surface area contributed by atoms with Gasteiger partial charge in [-0.3, -0.25) is 9.59 Å². The Morgan fingerprint density at radius 2 is 1.62 bits per heavy atom. The molecule has 0 aliphatic carbocycles. The van der Waals surface area contributed by atoms with Crippen molar-refractivity contribution in [3.63, 3.8) is 0 Å². The zero-order chi connectivity index (χ0) is 16.7. The minimum Gasteiger partial charge on any atom is -0.274 e. The zero-order valence-electron chi connectivity index (χ0n) is 13.2. The predicted octanol–water partition coefficient (Wildman–Crippen LogP) is 4.27. The van der Waals surface area contributed by atoms with Gasteiger partial charge in [-0.25, -0.2) is 4.90 Å². The van der Waals surface area contributed by atoms with Crippen molar-refractivity contribution < 1.29 is 9.59 Å². The summed E-state index contributed by atoms with van der Waals surface area (Å²) in [5.41, 5.74) is 2.97. The van der Waals surface area contributed by atoms with E-state index in [1.807, 2.05) is 66.7 Å². The molecule has 0 bridgehead atoms. The number of anilines is 1. The first-order chi connectivity index (χ1) is 11.7. The first-order valence-electron chi connectivity index (χ1n) is 7.81. The molecule has 0 unspecified atom stereocenters. The monoisotopic (exact) mass is 313 g/mol. The Morgan fingerprint density at radius 1 is 0.917 bits per heavy atom. The summed E-state index contributed by atoms with van der Waals surface area (Å²) in [6.07, 6.45) is 1.88. The Balaban J connectivity index is 1.94. The highest BCUT2D eigenvalue weighted by molar-refractivity contribution is 6.42. The van der Waals surface area contributed by atoms with Crippen LogP contribution in [-0.4, -0.2) is 11.8 Å². The predicted molar refractivity (Wildman–Crippen MR) is 96.4 cm³/mol. The molecule has 3 aromatic rings. The maximum atomic E-state index is 12.8. The van der Waals surface area contributed by atoms with Crippen molar-refractivity contribution in [3.8, 4) is 0 Å². The lowest BCUT2D eigenvalue weighted by Gasteiger charge is -2.11. The van der Waals surface area contributed by atoms with E-state index in [1.165, 1.54) is 11.8 Å². The molecule has 2 amide bonds. The Kier molecular flexibility index (Phi) is 3.28. The fraction of sp³-hybridized carbons (Fsp3) is 0.0476. The van der Waals surface area contributed by atoms with Crippen molar-refractivity contribution >= 4 is 39.9 Å². The van der Waals surface area contributed by atoms with E-state index in [9.17, 15) is 9.59 Å². The van der Waals surface area contributed by atoms with E-state index in [4.69, 9.17) is 0 Å². The first kappa shape index (κ1) is 14.4. The van der Waals surface area contributed by atoms with Crippen LogP contribution in [0.5, 0.6) is 0 Å². The standard InChI is InChI=1S/C21H15NO2/c1-14(23)22-20-12-5-4-11-18(20)19(21(22)24)13-16-9-6-8-15-7-2-3-10-17(15)16/h2-13H,1H3/b19-13+. The van der Waals surface area contributed by atoms with E-state index < -0.39 is 0 Å². The molecule has 3 heteroatoms. The fourth-order valence-corrected chi connectivity index (χ4v) is 3.23. The third kappa shape index (κ3) is 2.14. The van der Waals surface area contributed by atoms with Crippen LogP contribution < -0.4 is 4.90 Å². The molecule has 1 aliphatic rings. The Bertz CT molecular complexity index is 1010. The average Bonchev–Trinajstić information content (AvgIpc) is 2.87. The molecule has 0 saturated carbocycles. The van der Waals surface area contributed by atoms with Gasteiger partial charge in [0.1, 0.15) is 0 Å². The average molecular weight is 313 g/mol. The van der Waals surface area contributed by atoms with Crippen molar-refractivity contribution in [1.29, 1.82) is 0 Å². The van der Waals surface area contributed by atoms with Gasteiger partial charge in [0.2, 0.25) is 5.91 Å². The summed E-state index contributed by atoms with van der Waals surface area (Å²) in [7, 11) is 0. The molecule has 3 aromatic carbocycles. The third-order valence-electron chi connectivity index (χ3n) is 4.31. The summed E-state index contributed by atoms with van der Waals surface area (Å²) in [6.45, 7) is 1.41. The SMILES string of the molecule is CC(=O)N1C(=O)/C(=C/c2cccc3ccccc23)c2ccccc21. The summed E-state index contributed by atoms with van der Waals surface area (Å²) in [6, 6.07) is 21.5. The van der Waals surface area contributed by atoms with Crippen molar-refractivity contribution in [2.75, 3.05) is 4.90 Å². The van der Waals surface area contributed by atoms with Crippen LogP contribution in [0, 0.1) is 0 Å². The van der Waals surface area contributed by atoms with E-state index in [1.54, 1.807) is 6.07 Å². The summed E-state index contributed by atoms with van der Waals surface area (Å²) in [4.78, 5) is 25.9. The maximum absolute atomic E-state index is 12.8. The largest absolute Gasteiger partial charge is 0.274 e. The van der Waals surface area contributed by atoms with Gasteiger partial charge in [0.05, 0.1) is 11.3 Å². The summed E-state index contributed by atoms with van der Waals surface area (Å²) < 4.78 is 0. The van der Waals surface area contributed by atoms with E-state index in [0.29, 0.717) is 11.3 Å². The lowest BCUT2D eigenvalue weighted by Crippen LogP contribution is -2.31. The van der Waals surface area contributed by atoms with Crippen molar-refractivity contribution in [3.05, 3.63) is 77.9 Å². The minimum atomic E-state index is -0.270. The van der Waals surface area contributed by atoms with Gasteiger partial charge in [-0.2, -0.15) is 0 Å². The molecule has 0 N–H and O–H groups in total. The first-order valence-corrected chi connectivity index (χ1v) is 7.81. The molecule has 0 atom stereocenters. The maximum Gasteiger partial charge on any atom is 0.265 e. The zero-order valence-corrected chi connectivity index (χ0v) is 13.2. The molecule has 116 valence electrons.